The highest BCUT2D eigenvalue weighted by Gasteiger charge is 2.35. The Labute approximate surface area is 82.4 Å². The summed E-state index contributed by atoms with van der Waals surface area (Å²) in [5.41, 5.74) is 0. The van der Waals surface area contributed by atoms with Crippen molar-refractivity contribution in [2.24, 2.45) is 5.92 Å². The van der Waals surface area contributed by atoms with Gasteiger partial charge in [-0.05, 0) is 32.4 Å². The second-order valence-electron chi connectivity index (χ2n) is 3.79. The Balaban J connectivity index is 2.00. The molecule has 2 aliphatic rings. The van der Waals surface area contributed by atoms with Crippen molar-refractivity contribution in [2.75, 3.05) is 26.7 Å². The van der Waals surface area contributed by atoms with Gasteiger partial charge in [-0.25, -0.2) is 3.11 Å². The molecule has 0 radical (unpaired) electrons. The van der Waals surface area contributed by atoms with Crippen LogP contribution in [0.1, 0.15) is 12.8 Å². The summed E-state index contributed by atoms with van der Waals surface area (Å²) in [4.78, 5) is 2.47. The standard InChI is InChI=1S/C8H15IN2/c1-10-4-3-8-7(6-10)2-5-11(8)9/h7-8H,2-6H2,1H3/t7-,8+/m1/s1. The molecule has 2 atom stereocenters. The smallest absolute Gasteiger partial charge is 0.0247 e. The summed E-state index contributed by atoms with van der Waals surface area (Å²) in [7, 11) is 2.24. The van der Waals surface area contributed by atoms with Gasteiger partial charge in [-0.2, -0.15) is 0 Å². The van der Waals surface area contributed by atoms with Crippen LogP contribution in [0.4, 0.5) is 0 Å². The molecule has 11 heavy (non-hydrogen) atoms. The van der Waals surface area contributed by atoms with Crippen LogP contribution in [0, 0.1) is 5.92 Å². The molecule has 0 aromatic heterocycles. The van der Waals surface area contributed by atoms with E-state index in [0.717, 1.165) is 12.0 Å². The fraction of sp³-hybridized carbons (Fsp3) is 1.00. The second kappa shape index (κ2) is 3.18. The van der Waals surface area contributed by atoms with Crippen LogP contribution < -0.4 is 0 Å². The molecule has 0 aromatic rings. The van der Waals surface area contributed by atoms with Gasteiger partial charge < -0.3 is 4.90 Å². The lowest BCUT2D eigenvalue weighted by molar-refractivity contribution is 0.177. The molecule has 2 aliphatic heterocycles. The van der Waals surface area contributed by atoms with Gasteiger partial charge in [0.2, 0.25) is 0 Å². The molecule has 0 amide bonds. The molecule has 2 fully saturated rings. The Bertz CT molecular complexity index is 151. The molecule has 2 saturated heterocycles. The Morgan fingerprint density at radius 2 is 2.09 bits per heavy atom. The zero-order valence-electron chi connectivity index (χ0n) is 6.96. The van der Waals surface area contributed by atoms with Gasteiger partial charge >= 0.3 is 0 Å². The zero-order chi connectivity index (χ0) is 7.84. The van der Waals surface area contributed by atoms with Crippen LogP contribution >= 0.6 is 22.9 Å². The SMILES string of the molecule is CN1CC[C@H]2[C@H](CCN2I)C1. The van der Waals surface area contributed by atoms with Gasteiger partial charge in [0.25, 0.3) is 0 Å². The molecule has 2 heterocycles. The van der Waals surface area contributed by atoms with E-state index in [1.54, 1.807) is 0 Å². The van der Waals surface area contributed by atoms with Gasteiger partial charge in [0, 0.05) is 42.0 Å². The van der Waals surface area contributed by atoms with E-state index in [4.69, 9.17) is 0 Å². The van der Waals surface area contributed by atoms with E-state index in [2.05, 4.69) is 37.9 Å². The average molecular weight is 266 g/mol. The second-order valence-corrected chi connectivity index (χ2v) is 5.03. The molecule has 0 aromatic carbocycles. The first kappa shape index (κ1) is 8.26. The van der Waals surface area contributed by atoms with Crippen LogP contribution in [-0.2, 0) is 0 Å². The molecule has 3 heteroatoms. The monoisotopic (exact) mass is 266 g/mol. The van der Waals surface area contributed by atoms with E-state index >= 15 is 0 Å². The normalized spacial score (nSPS) is 40.9. The first-order valence-electron chi connectivity index (χ1n) is 4.38. The van der Waals surface area contributed by atoms with Gasteiger partial charge in [0.15, 0.2) is 0 Å². The third kappa shape index (κ3) is 1.55. The van der Waals surface area contributed by atoms with Crippen molar-refractivity contribution in [1.29, 1.82) is 0 Å². The summed E-state index contributed by atoms with van der Waals surface area (Å²) >= 11 is 2.49. The number of rotatable bonds is 0. The van der Waals surface area contributed by atoms with Crippen molar-refractivity contribution < 1.29 is 0 Å². The lowest BCUT2D eigenvalue weighted by atomic mass is 9.94. The number of hydrogen-bond donors (Lipinski definition) is 0. The first-order valence-corrected chi connectivity index (χ1v) is 5.35. The van der Waals surface area contributed by atoms with E-state index in [1.807, 2.05) is 0 Å². The largest absolute Gasteiger partial charge is 0.306 e. The van der Waals surface area contributed by atoms with Gasteiger partial charge in [0.05, 0.1) is 0 Å². The minimum absolute atomic E-state index is 0.895. The number of fused-ring (bicyclic) bond motifs is 1. The highest BCUT2D eigenvalue weighted by atomic mass is 127. The summed E-state index contributed by atoms with van der Waals surface area (Å²) in [6, 6.07) is 0.895. The van der Waals surface area contributed by atoms with Crippen LogP contribution in [-0.4, -0.2) is 40.7 Å². The number of piperidine rings is 1. The van der Waals surface area contributed by atoms with Crippen LogP contribution in [0.3, 0.4) is 0 Å². The quantitative estimate of drug-likeness (QED) is 0.482. The summed E-state index contributed by atoms with van der Waals surface area (Å²) < 4.78 is 2.51. The molecule has 0 unspecified atom stereocenters. The number of likely N-dealkylation sites (tertiary alicyclic amines) is 1. The van der Waals surface area contributed by atoms with Crippen molar-refractivity contribution >= 4 is 22.9 Å². The predicted octanol–water partition coefficient (Wildman–Crippen LogP) is 1.36. The van der Waals surface area contributed by atoms with Gasteiger partial charge in [-0.1, -0.05) is 0 Å². The van der Waals surface area contributed by atoms with E-state index in [9.17, 15) is 0 Å². The maximum Gasteiger partial charge on any atom is 0.0247 e. The van der Waals surface area contributed by atoms with Crippen LogP contribution in [0.15, 0.2) is 0 Å². The molecular weight excluding hydrogens is 251 g/mol. The van der Waals surface area contributed by atoms with Crippen molar-refractivity contribution in [1.82, 2.24) is 8.01 Å². The third-order valence-electron chi connectivity index (χ3n) is 2.97. The average Bonchev–Trinajstić information content (AvgIpc) is 2.32. The fourth-order valence-electron chi connectivity index (χ4n) is 2.31. The molecule has 0 N–H and O–H groups in total. The molecule has 0 spiro atoms. The van der Waals surface area contributed by atoms with E-state index in [-0.39, 0.29) is 0 Å². The number of halogens is 1. The molecule has 64 valence electrons. The fourth-order valence-corrected chi connectivity index (χ4v) is 3.32. The lowest BCUT2D eigenvalue weighted by Crippen LogP contribution is -2.41. The zero-order valence-corrected chi connectivity index (χ0v) is 9.12. The topological polar surface area (TPSA) is 6.48 Å². The van der Waals surface area contributed by atoms with Crippen molar-refractivity contribution in [3.63, 3.8) is 0 Å². The molecule has 2 nitrogen and oxygen atoms in total. The molecule has 2 rings (SSSR count). The lowest BCUT2D eigenvalue weighted by Gasteiger charge is -2.33. The van der Waals surface area contributed by atoms with Crippen molar-refractivity contribution in [3.05, 3.63) is 0 Å². The molecule has 0 saturated carbocycles. The van der Waals surface area contributed by atoms with Crippen molar-refractivity contribution in [2.45, 2.75) is 18.9 Å². The van der Waals surface area contributed by atoms with E-state index < -0.39 is 0 Å². The van der Waals surface area contributed by atoms with Crippen LogP contribution in [0.5, 0.6) is 0 Å². The Hall–Kier alpha value is 0.650. The predicted molar refractivity (Wildman–Crippen MR) is 54.7 cm³/mol. The minimum Gasteiger partial charge on any atom is -0.306 e. The Morgan fingerprint density at radius 3 is 2.91 bits per heavy atom. The highest BCUT2D eigenvalue weighted by molar-refractivity contribution is 14.1. The summed E-state index contributed by atoms with van der Waals surface area (Å²) in [5.74, 6) is 0.964. The van der Waals surface area contributed by atoms with E-state index in [1.165, 1.54) is 32.5 Å². The summed E-state index contributed by atoms with van der Waals surface area (Å²) in [6.45, 7) is 3.93. The molecule has 0 bridgehead atoms. The van der Waals surface area contributed by atoms with Crippen molar-refractivity contribution in [3.8, 4) is 0 Å². The Morgan fingerprint density at radius 1 is 1.27 bits per heavy atom. The van der Waals surface area contributed by atoms with Crippen LogP contribution in [0.2, 0.25) is 0 Å². The number of nitrogens with zero attached hydrogens (tertiary/aromatic N) is 2. The summed E-state index contributed by atoms with van der Waals surface area (Å²) in [6.07, 6.45) is 2.79. The minimum atomic E-state index is 0.895. The van der Waals surface area contributed by atoms with Gasteiger partial charge in [-0.15, -0.1) is 0 Å². The Kier molecular flexibility index (Phi) is 2.39. The maximum absolute atomic E-state index is 2.51. The first-order chi connectivity index (χ1) is 5.27. The van der Waals surface area contributed by atoms with Gasteiger partial charge in [-0.3, -0.25) is 0 Å². The highest BCUT2D eigenvalue weighted by Crippen LogP contribution is 2.32. The molecular formula is C8H15IN2. The van der Waals surface area contributed by atoms with Crippen LogP contribution in [0.25, 0.3) is 0 Å². The molecule has 0 aliphatic carbocycles. The van der Waals surface area contributed by atoms with E-state index in [0.29, 0.717) is 0 Å². The number of hydrogen-bond acceptors (Lipinski definition) is 2. The maximum atomic E-state index is 2.51. The third-order valence-corrected chi connectivity index (χ3v) is 4.17. The summed E-state index contributed by atoms with van der Waals surface area (Å²) in [5, 5.41) is 0. The van der Waals surface area contributed by atoms with Gasteiger partial charge in [0.1, 0.15) is 0 Å².